The van der Waals surface area contributed by atoms with Crippen LogP contribution in [0.25, 0.3) is 10.8 Å². The fourth-order valence-electron chi connectivity index (χ4n) is 4.09. The second kappa shape index (κ2) is 9.95. The smallest absolute Gasteiger partial charge is 0.250 e. The lowest BCUT2D eigenvalue weighted by Gasteiger charge is -2.35. The monoisotopic (exact) mass is 428 g/mol. The number of primary amides is 1. The number of hydrogen-bond acceptors (Lipinski definition) is 5. The topological polar surface area (TPSA) is 110 Å². The Morgan fingerprint density at radius 3 is 2.63 bits per heavy atom. The standard InChI is InChI=1S/C22H28N4O3S/c1-30-13-11-18(21(24)28)26(17-9-4-7-15-6-2-3-8-16(15)17)22(29)19-10-5-12-25(19)20(27)14-23/h2-4,6-9,18-19H,5,10-14,23H2,1H3,(H2,24,28)/t18-,19-/m0/s1. The third-order valence-corrected chi connectivity index (χ3v) is 6.18. The Balaban J connectivity index is 2.10. The molecule has 0 radical (unpaired) electrons. The average Bonchev–Trinajstić information content (AvgIpc) is 3.25. The number of nitrogens with two attached hydrogens (primary N) is 2. The van der Waals surface area contributed by atoms with Crippen molar-refractivity contribution in [3.63, 3.8) is 0 Å². The normalized spacial score (nSPS) is 17.1. The van der Waals surface area contributed by atoms with E-state index in [-0.39, 0.29) is 18.4 Å². The molecule has 4 N–H and O–H groups in total. The van der Waals surface area contributed by atoms with Gasteiger partial charge in [-0.3, -0.25) is 19.3 Å². The molecule has 1 aliphatic rings. The highest BCUT2D eigenvalue weighted by Gasteiger charge is 2.40. The van der Waals surface area contributed by atoms with Crippen molar-refractivity contribution >= 4 is 45.9 Å². The second-order valence-corrected chi connectivity index (χ2v) is 8.34. The van der Waals surface area contributed by atoms with Crippen molar-refractivity contribution in [2.75, 3.05) is 30.0 Å². The van der Waals surface area contributed by atoms with Crippen LogP contribution in [0.3, 0.4) is 0 Å². The third-order valence-electron chi connectivity index (χ3n) is 5.53. The molecule has 1 aliphatic heterocycles. The van der Waals surface area contributed by atoms with Crippen molar-refractivity contribution < 1.29 is 14.4 Å². The van der Waals surface area contributed by atoms with E-state index >= 15 is 0 Å². The number of anilines is 1. The van der Waals surface area contributed by atoms with Gasteiger partial charge in [-0.05, 0) is 42.7 Å². The Bertz CT molecular complexity index is 930. The zero-order chi connectivity index (χ0) is 21.7. The molecule has 30 heavy (non-hydrogen) atoms. The van der Waals surface area contributed by atoms with Crippen molar-refractivity contribution in [1.29, 1.82) is 0 Å². The fraction of sp³-hybridized carbons (Fsp3) is 0.409. The minimum Gasteiger partial charge on any atom is -0.368 e. The highest BCUT2D eigenvalue weighted by atomic mass is 32.2. The third kappa shape index (κ3) is 4.44. The van der Waals surface area contributed by atoms with Gasteiger partial charge in [0, 0.05) is 11.9 Å². The van der Waals surface area contributed by atoms with Crippen LogP contribution in [0.4, 0.5) is 5.69 Å². The Labute approximate surface area is 180 Å². The molecule has 0 spiro atoms. The lowest BCUT2D eigenvalue weighted by molar-refractivity contribution is -0.136. The molecule has 0 aromatic heterocycles. The Morgan fingerprint density at radius 2 is 1.93 bits per heavy atom. The molecule has 2 atom stereocenters. The van der Waals surface area contributed by atoms with Crippen LogP contribution in [0.15, 0.2) is 42.5 Å². The van der Waals surface area contributed by atoms with Crippen LogP contribution in [0.5, 0.6) is 0 Å². The quantitative estimate of drug-likeness (QED) is 0.665. The number of thioether (sulfide) groups is 1. The maximum Gasteiger partial charge on any atom is 0.250 e. The van der Waals surface area contributed by atoms with Crippen LogP contribution in [0, 0.1) is 0 Å². The first-order valence-corrected chi connectivity index (χ1v) is 11.5. The number of fused-ring (bicyclic) bond motifs is 1. The number of carbonyl (C=O) groups excluding carboxylic acids is 3. The van der Waals surface area contributed by atoms with Crippen molar-refractivity contribution in [1.82, 2.24) is 4.90 Å². The lowest BCUT2D eigenvalue weighted by atomic mass is 10.0. The van der Waals surface area contributed by atoms with Gasteiger partial charge >= 0.3 is 0 Å². The summed E-state index contributed by atoms with van der Waals surface area (Å²) >= 11 is 1.59. The van der Waals surface area contributed by atoms with E-state index in [1.165, 1.54) is 9.80 Å². The molecule has 3 amide bonds. The summed E-state index contributed by atoms with van der Waals surface area (Å²) in [5, 5.41) is 1.82. The second-order valence-electron chi connectivity index (χ2n) is 7.36. The SMILES string of the molecule is CSCC[C@@H](C(N)=O)N(C(=O)[C@@H]1CCCN1C(=O)CN)c1cccc2ccccc12. The number of nitrogens with zero attached hydrogens (tertiary/aromatic N) is 2. The number of hydrogen-bond donors (Lipinski definition) is 2. The van der Waals surface area contributed by atoms with Gasteiger partial charge in [-0.2, -0.15) is 11.8 Å². The van der Waals surface area contributed by atoms with Gasteiger partial charge in [-0.25, -0.2) is 0 Å². The summed E-state index contributed by atoms with van der Waals surface area (Å²) in [6, 6.07) is 11.9. The van der Waals surface area contributed by atoms with Gasteiger partial charge in [-0.1, -0.05) is 36.4 Å². The molecule has 8 heteroatoms. The highest BCUT2D eigenvalue weighted by Crippen LogP contribution is 2.32. The average molecular weight is 429 g/mol. The van der Waals surface area contributed by atoms with Crippen molar-refractivity contribution in [3.05, 3.63) is 42.5 Å². The van der Waals surface area contributed by atoms with E-state index < -0.39 is 18.0 Å². The number of benzene rings is 2. The van der Waals surface area contributed by atoms with Gasteiger partial charge in [0.2, 0.25) is 11.8 Å². The molecule has 0 saturated carbocycles. The predicted octanol–water partition coefficient (Wildman–Crippen LogP) is 1.73. The summed E-state index contributed by atoms with van der Waals surface area (Å²) in [5.41, 5.74) is 12.0. The minimum absolute atomic E-state index is 0.149. The molecule has 160 valence electrons. The molecule has 1 fully saturated rings. The molecule has 1 saturated heterocycles. The molecule has 0 unspecified atom stereocenters. The van der Waals surface area contributed by atoms with Crippen LogP contribution < -0.4 is 16.4 Å². The van der Waals surface area contributed by atoms with Crippen LogP contribution in [-0.2, 0) is 14.4 Å². The van der Waals surface area contributed by atoms with Gasteiger partial charge in [0.25, 0.3) is 5.91 Å². The zero-order valence-electron chi connectivity index (χ0n) is 17.1. The summed E-state index contributed by atoms with van der Waals surface area (Å²) in [7, 11) is 0. The molecule has 0 bridgehead atoms. The van der Waals surface area contributed by atoms with Crippen LogP contribution in [-0.4, -0.2) is 59.8 Å². The molecule has 7 nitrogen and oxygen atoms in total. The first kappa shape index (κ1) is 22.1. The van der Waals surface area contributed by atoms with Gasteiger partial charge in [0.1, 0.15) is 12.1 Å². The number of rotatable bonds is 8. The number of likely N-dealkylation sites (tertiary alicyclic amines) is 1. The van der Waals surface area contributed by atoms with Crippen molar-refractivity contribution in [3.8, 4) is 0 Å². The van der Waals surface area contributed by atoms with E-state index in [9.17, 15) is 14.4 Å². The number of amides is 3. The molecule has 1 heterocycles. The number of carbonyl (C=O) groups is 3. The Kier molecular flexibility index (Phi) is 7.33. The van der Waals surface area contributed by atoms with Crippen molar-refractivity contribution in [2.45, 2.75) is 31.3 Å². The van der Waals surface area contributed by atoms with Crippen LogP contribution in [0.2, 0.25) is 0 Å². The van der Waals surface area contributed by atoms with E-state index in [1.54, 1.807) is 11.8 Å². The maximum atomic E-state index is 13.8. The molecule has 2 aromatic rings. The lowest BCUT2D eigenvalue weighted by Crippen LogP contribution is -2.55. The van der Waals surface area contributed by atoms with Gasteiger partial charge in [-0.15, -0.1) is 0 Å². The fourth-order valence-corrected chi connectivity index (χ4v) is 4.55. The summed E-state index contributed by atoms with van der Waals surface area (Å²) < 4.78 is 0. The predicted molar refractivity (Wildman–Crippen MR) is 121 cm³/mol. The first-order chi connectivity index (χ1) is 14.5. The molecular formula is C22H28N4O3S. The molecule has 0 aliphatic carbocycles. The van der Waals surface area contributed by atoms with Gasteiger partial charge < -0.3 is 16.4 Å². The summed E-state index contributed by atoms with van der Waals surface area (Å²) in [4.78, 5) is 41.6. The van der Waals surface area contributed by atoms with Crippen LogP contribution in [0.1, 0.15) is 19.3 Å². The minimum atomic E-state index is -0.800. The van der Waals surface area contributed by atoms with Crippen LogP contribution >= 0.6 is 11.8 Å². The van der Waals surface area contributed by atoms with E-state index in [0.717, 1.165) is 17.2 Å². The molecule has 2 aromatic carbocycles. The summed E-state index contributed by atoms with van der Waals surface area (Å²) in [6.07, 6.45) is 3.64. The zero-order valence-corrected chi connectivity index (χ0v) is 17.9. The summed E-state index contributed by atoms with van der Waals surface area (Å²) in [6.45, 7) is 0.339. The van der Waals surface area contributed by atoms with E-state index in [1.807, 2.05) is 48.7 Å². The highest BCUT2D eigenvalue weighted by molar-refractivity contribution is 7.98. The Hall–Kier alpha value is -2.58. The maximum absolute atomic E-state index is 13.8. The Morgan fingerprint density at radius 1 is 1.20 bits per heavy atom. The van der Waals surface area contributed by atoms with E-state index in [2.05, 4.69) is 0 Å². The largest absolute Gasteiger partial charge is 0.368 e. The molecular weight excluding hydrogens is 400 g/mol. The van der Waals surface area contributed by atoms with E-state index in [0.29, 0.717) is 30.8 Å². The van der Waals surface area contributed by atoms with Gasteiger partial charge in [0.15, 0.2) is 0 Å². The van der Waals surface area contributed by atoms with Crippen molar-refractivity contribution in [2.24, 2.45) is 11.5 Å². The first-order valence-electron chi connectivity index (χ1n) is 10.1. The molecule has 3 rings (SSSR count). The van der Waals surface area contributed by atoms with Gasteiger partial charge in [0.05, 0.1) is 12.2 Å². The van der Waals surface area contributed by atoms with E-state index in [4.69, 9.17) is 11.5 Å². The summed E-state index contributed by atoms with van der Waals surface area (Å²) in [5.74, 6) is -0.419.